The summed E-state index contributed by atoms with van der Waals surface area (Å²) in [5.74, 6) is -0.605. The highest BCUT2D eigenvalue weighted by atomic mass is 35.5. The average molecular weight is 600 g/mol. The minimum absolute atomic E-state index is 0.00136. The topological polar surface area (TPSA) is 96.0 Å². The van der Waals surface area contributed by atoms with Crippen LogP contribution in [0.15, 0.2) is 77.7 Å². The first-order valence-electron chi connectivity index (χ1n) is 13.6. The van der Waals surface area contributed by atoms with Crippen LogP contribution in [0.3, 0.4) is 0 Å². The molecule has 0 aliphatic carbocycles. The monoisotopic (exact) mass is 599 g/mol. The smallest absolute Gasteiger partial charge is 0.264 e. The molecular weight excluding hydrogens is 562 g/mol. The molecule has 8 nitrogen and oxygen atoms in total. The van der Waals surface area contributed by atoms with Crippen molar-refractivity contribution in [3.8, 4) is 5.75 Å². The molecule has 3 aromatic carbocycles. The normalized spacial score (nSPS) is 12.7. The molecule has 0 bridgehead atoms. The van der Waals surface area contributed by atoms with E-state index in [4.69, 9.17) is 16.3 Å². The van der Waals surface area contributed by atoms with E-state index in [9.17, 15) is 18.0 Å². The van der Waals surface area contributed by atoms with E-state index in [0.29, 0.717) is 6.42 Å². The number of hydrogen-bond acceptors (Lipinski definition) is 5. The Balaban J connectivity index is 2.11. The quantitative estimate of drug-likeness (QED) is 0.277. The van der Waals surface area contributed by atoms with Crippen LogP contribution < -0.4 is 14.4 Å². The number of hydrogen-bond donors (Lipinski definition) is 1. The maximum atomic E-state index is 14.2. The maximum absolute atomic E-state index is 14.2. The van der Waals surface area contributed by atoms with E-state index in [1.807, 2.05) is 52.0 Å². The standard InChI is InChI=1S/C31H38ClN3O5S/c1-6-23(4)33-31(37)27(7-2)34(20-24-15-13-22(3)14-16-24)30(36)21-35(28-19-25(32)17-18-29(28)40-5)41(38,39)26-11-9-8-10-12-26/h8-19,23,27H,6-7,20-21H2,1-5H3,(H,33,37)/t23-,27+/m0/s1. The minimum Gasteiger partial charge on any atom is -0.495 e. The second-order valence-corrected chi connectivity index (χ2v) is 12.2. The number of nitrogens with one attached hydrogen (secondary N) is 1. The first-order chi connectivity index (χ1) is 19.5. The lowest BCUT2D eigenvalue weighted by Gasteiger charge is -2.34. The van der Waals surface area contributed by atoms with Gasteiger partial charge in [0.15, 0.2) is 0 Å². The summed E-state index contributed by atoms with van der Waals surface area (Å²) >= 11 is 6.28. The Labute approximate surface area is 248 Å². The fraction of sp³-hybridized carbons (Fsp3) is 0.355. The molecule has 0 spiro atoms. The third-order valence-electron chi connectivity index (χ3n) is 6.88. The van der Waals surface area contributed by atoms with Crippen LogP contribution in [-0.4, -0.2) is 50.9 Å². The molecule has 0 unspecified atom stereocenters. The average Bonchev–Trinajstić information content (AvgIpc) is 2.96. The second-order valence-electron chi connectivity index (χ2n) is 9.89. The Morgan fingerprint density at radius 2 is 1.63 bits per heavy atom. The van der Waals surface area contributed by atoms with E-state index < -0.39 is 28.5 Å². The Kier molecular flexibility index (Phi) is 11.2. The summed E-state index contributed by atoms with van der Waals surface area (Å²) in [5, 5.41) is 3.25. The number of sulfonamides is 1. The number of aryl methyl sites for hydroxylation is 1. The molecule has 220 valence electrons. The van der Waals surface area contributed by atoms with Crippen molar-refractivity contribution in [3.05, 3.63) is 88.9 Å². The van der Waals surface area contributed by atoms with Crippen LogP contribution in [0.25, 0.3) is 0 Å². The zero-order valence-electron chi connectivity index (χ0n) is 24.1. The zero-order valence-corrected chi connectivity index (χ0v) is 25.7. The number of anilines is 1. The summed E-state index contributed by atoms with van der Waals surface area (Å²) < 4.78 is 34.5. The number of ether oxygens (including phenoxy) is 1. The molecule has 1 N–H and O–H groups in total. The molecule has 0 aliphatic heterocycles. The molecule has 0 aliphatic rings. The number of benzene rings is 3. The third-order valence-corrected chi connectivity index (χ3v) is 8.89. The highest BCUT2D eigenvalue weighted by molar-refractivity contribution is 7.92. The van der Waals surface area contributed by atoms with Crippen molar-refractivity contribution in [2.75, 3.05) is 18.0 Å². The molecule has 41 heavy (non-hydrogen) atoms. The Morgan fingerprint density at radius 1 is 0.976 bits per heavy atom. The van der Waals surface area contributed by atoms with Crippen molar-refractivity contribution >= 4 is 39.1 Å². The summed E-state index contributed by atoms with van der Waals surface area (Å²) in [5.41, 5.74) is 1.99. The van der Waals surface area contributed by atoms with Crippen molar-refractivity contribution in [2.45, 2.75) is 64.1 Å². The lowest BCUT2D eigenvalue weighted by atomic mass is 10.1. The SMILES string of the molecule is CC[C@H](C(=O)N[C@@H](C)CC)N(Cc1ccc(C)cc1)C(=O)CN(c1cc(Cl)ccc1OC)S(=O)(=O)c1ccccc1. The number of carbonyl (C=O) groups is 2. The molecule has 10 heteroatoms. The van der Waals surface area contributed by atoms with E-state index in [1.54, 1.807) is 30.3 Å². The zero-order chi connectivity index (χ0) is 30.2. The van der Waals surface area contributed by atoms with Gasteiger partial charge in [-0.2, -0.15) is 0 Å². The van der Waals surface area contributed by atoms with Gasteiger partial charge in [-0.05, 0) is 62.6 Å². The first-order valence-corrected chi connectivity index (χ1v) is 15.4. The van der Waals surface area contributed by atoms with Crippen molar-refractivity contribution in [1.29, 1.82) is 0 Å². The molecule has 0 aromatic heterocycles. The van der Waals surface area contributed by atoms with Gasteiger partial charge in [0, 0.05) is 17.6 Å². The van der Waals surface area contributed by atoms with Gasteiger partial charge in [0.1, 0.15) is 18.3 Å². The number of carbonyl (C=O) groups excluding carboxylic acids is 2. The van der Waals surface area contributed by atoms with Crippen molar-refractivity contribution in [2.24, 2.45) is 0 Å². The molecule has 0 saturated carbocycles. The lowest BCUT2D eigenvalue weighted by molar-refractivity contribution is -0.140. The van der Waals surface area contributed by atoms with Crippen LogP contribution in [0, 0.1) is 6.92 Å². The van der Waals surface area contributed by atoms with E-state index in [-0.39, 0.29) is 39.8 Å². The molecular formula is C31H38ClN3O5S. The molecule has 0 fully saturated rings. The van der Waals surface area contributed by atoms with Gasteiger partial charge in [0.25, 0.3) is 10.0 Å². The summed E-state index contributed by atoms with van der Waals surface area (Å²) in [4.78, 5) is 29.0. The maximum Gasteiger partial charge on any atom is 0.264 e. The molecule has 2 atom stereocenters. The predicted molar refractivity (Wildman–Crippen MR) is 163 cm³/mol. The number of halogens is 1. The van der Waals surface area contributed by atoms with Crippen LogP contribution in [-0.2, 0) is 26.2 Å². The van der Waals surface area contributed by atoms with E-state index in [2.05, 4.69) is 5.32 Å². The van der Waals surface area contributed by atoms with Crippen molar-refractivity contribution in [1.82, 2.24) is 10.2 Å². The summed E-state index contributed by atoms with van der Waals surface area (Å²) in [6.45, 7) is 7.20. The second kappa shape index (κ2) is 14.4. The van der Waals surface area contributed by atoms with Gasteiger partial charge in [0.2, 0.25) is 11.8 Å². The fourth-order valence-electron chi connectivity index (χ4n) is 4.34. The van der Waals surface area contributed by atoms with Gasteiger partial charge in [-0.1, -0.05) is 73.5 Å². The Hall–Kier alpha value is -3.56. The van der Waals surface area contributed by atoms with Crippen LogP contribution >= 0.6 is 11.6 Å². The van der Waals surface area contributed by atoms with Gasteiger partial charge in [-0.3, -0.25) is 13.9 Å². The van der Waals surface area contributed by atoms with Gasteiger partial charge in [-0.15, -0.1) is 0 Å². The van der Waals surface area contributed by atoms with Gasteiger partial charge < -0.3 is 15.0 Å². The Bertz CT molecular complexity index is 1430. The molecule has 0 heterocycles. The van der Waals surface area contributed by atoms with Crippen molar-refractivity contribution in [3.63, 3.8) is 0 Å². The Morgan fingerprint density at radius 3 is 2.22 bits per heavy atom. The van der Waals surface area contributed by atoms with Crippen LogP contribution in [0.2, 0.25) is 5.02 Å². The number of methoxy groups -OCH3 is 1. The highest BCUT2D eigenvalue weighted by Crippen LogP contribution is 2.35. The van der Waals surface area contributed by atoms with E-state index in [1.165, 1.54) is 30.2 Å². The lowest BCUT2D eigenvalue weighted by Crippen LogP contribution is -2.53. The molecule has 2 amide bonds. The largest absolute Gasteiger partial charge is 0.495 e. The van der Waals surface area contributed by atoms with Gasteiger partial charge in [-0.25, -0.2) is 8.42 Å². The fourth-order valence-corrected chi connectivity index (χ4v) is 5.95. The highest BCUT2D eigenvalue weighted by Gasteiger charge is 2.35. The minimum atomic E-state index is -4.24. The first kappa shape index (κ1) is 32.0. The predicted octanol–water partition coefficient (Wildman–Crippen LogP) is 5.57. The summed E-state index contributed by atoms with van der Waals surface area (Å²) in [6, 6.07) is 19.2. The van der Waals surface area contributed by atoms with Crippen molar-refractivity contribution < 1.29 is 22.7 Å². The van der Waals surface area contributed by atoms with Gasteiger partial charge in [0.05, 0.1) is 17.7 Å². The van der Waals surface area contributed by atoms with E-state index in [0.717, 1.165) is 21.9 Å². The number of rotatable bonds is 13. The van der Waals surface area contributed by atoms with Crippen LogP contribution in [0.5, 0.6) is 5.75 Å². The van der Waals surface area contributed by atoms with Crippen LogP contribution in [0.1, 0.15) is 44.7 Å². The summed E-state index contributed by atoms with van der Waals surface area (Å²) in [6.07, 6.45) is 1.07. The van der Waals surface area contributed by atoms with E-state index >= 15 is 0 Å². The number of nitrogens with zero attached hydrogens (tertiary/aromatic N) is 2. The van der Waals surface area contributed by atoms with Gasteiger partial charge >= 0.3 is 0 Å². The molecule has 0 saturated heterocycles. The molecule has 3 rings (SSSR count). The van der Waals surface area contributed by atoms with Crippen LogP contribution in [0.4, 0.5) is 5.69 Å². The number of amides is 2. The third kappa shape index (κ3) is 8.01. The molecule has 3 aromatic rings. The molecule has 0 radical (unpaired) electrons. The summed E-state index contributed by atoms with van der Waals surface area (Å²) in [7, 11) is -2.82.